The maximum absolute atomic E-state index is 13.5. The molecule has 2 aromatic carbocycles. The highest BCUT2D eigenvalue weighted by molar-refractivity contribution is 7.10. The maximum Gasteiger partial charge on any atom is 0.271 e. The summed E-state index contributed by atoms with van der Waals surface area (Å²) < 4.78 is 0. The van der Waals surface area contributed by atoms with Gasteiger partial charge in [0.15, 0.2) is 0 Å². The highest BCUT2D eigenvalue weighted by Gasteiger charge is 2.26. The van der Waals surface area contributed by atoms with Gasteiger partial charge >= 0.3 is 0 Å². The minimum Gasteiger partial charge on any atom is -0.508 e. The van der Waals surface area contributed by atoms with Crippen LogP contribution in [-0.2, 0) is 11.2 Å². The summed E-state index contributed by atoms with van der Waals surface area (Å²) in [6, 6.07) is 15.0. The van der Waals surface area contributed by atoms with Gasteiger partial charge in [0.2, 0.25) is 5.91 Å². The smallest absolute Gasteiger partial charge is 0.271 e. The van der Waals surface area contributed by atoms with Crippen molar-refractivity contribution in [2.24, 2.45) is 5.92 Å². The number of aromatic hydroxyl groups is 1. The molecule has 0 aliphatic carbocycles. The second-order valence-electron chi connectivity index (χ2n) is 12.2. The van der Waals surface area contributed by atoms with Gasteiger partial charge in [0.1, 0.15) is 27.2 Å². The average molecular weight is 689 g/mol. The first-order valence-electron chi connectivity index (χ1n) is 16.1. The molecule has 4 N–H and O–H groups in total. The number of aromatic nitrogens is 2. The number of carbonyl (C=O) groups excluding carboxylic acids is 4. The Morgan fingerprint density at radius 1 is 0.896 bits per heavy atom. The van der Waals surface area contributed by atoms with Crippen molar-refractivity contribution in [3.8, 4) is 5.75 Å². The lowest BCUT2D eigenvalue weighted by molar-refractivity contribution is -0.122. The average Bonchev–Trinajstić information content (AvgIpc) is 3.76. The van der Waals surface area contributed by atoms with Crippen LogP contribution in [0, 0.1) is 5.92 Å². The molecule has 0 unspecified atom stereocenters. The summed E-state index contributed by atoms with van der Waals surface area (Å²) >= 11 is 2.62. The summed E-state index contributed by atoms with van der Waals surface area (Å²) in [6.07, 6.45) is 2.16. The van der Waals surface area contributed by atoms with Crippen LogP contribution in [0.5, 0.6) is 5.75 Å². The number of nitrogens with zero attached hydrogens (tertiary/aromatic N) is 3. The number of thiazole rings is 2. The fourth-order valence-corrected chi connectivity index (χ4v) is 7.19. The number of phenolic OH excluding ortho intramolecular Hbond substituents is 1. The van der Waals surface area contributed by atoms with Crippen LogP contribution in [0.25, 0.3) is 0 Å². The van der Waals surface area contributed by atoms with E-state index in [0.29, 0.717) is 60.9 Å². The van der Waals surface area contributed by atoms with E-state index in [1.165, 1.54) is 34.8 Å². The topological polar surface area (TPSA) is 154 Å². The molecule has 0 saturated heterocycles. The molecule has 5 rings (SSSR count). The minimum absolute atomic E-state index is 0.0107. The monoisotopic (exact) mass is 688 g/mol. The number of phenols is 1. The Morgan fingerprint density at radius 3 is 2.29 bits per heavy atom. The van der Waals surface area contributed by atoms with Gasteiger partial charge in [0.05, 0.1) is 12.1 Å². The lowest BCUT2D eigenvalue weighted by Crippen LogP contribution is -2.36. The molecule has 3 heterocycles. The molecule has 252 valence electrons. The number of nitrogens with one attached hydrogen (secondary N) is 3. The van der Waals surface area contributed by atoms with Gasteiger partial charge in [-0.1, -0.05) is 50.2 Å². The van der Waals surface area contributed by atoms with Crippen LogP contribution in [0.2, 0.25) is 0 Å². The first kappa shape index (κ1) is 34.7. The molecule has 1 aliphatic rings. The Kier molecular flexibility index (Phi) is 11.9. The van der Waals surface area contributed by atoms with E-state index < -0.39 is 6.04 Å². The van der Waals surface area contributed by atoms with Crippen molar-refractivity contribution in [1.29, 1.82) is 0 Å². The van der Waals surface area contributed by atoms with E-state index in [0.717, 1.165) is 5.56 Å². The number of amides is 4. The van der Waals surface area contributed by atoms with Crippen LogP contribution in [-0.4, -0.2) is 63.2 Å². The van der Waals surface area contributed by atoms with Crippen molar-refractivity contribution in [3.63, 3.8) is 0 Å². The summed E-state index contributed by atoms with van der Waals surface area (Å²) in [5.41, 5.74) is 1.84. The van der Waals surface area contributed by atoms with Crippen LogP contribution in [0.1, 0.15) is 98.5 Å². The predicted molar refractivity (Wildman–Crippen MR) is 185 cm³/mol. The van der Waals surface area contributed by atoms with Crippen LogP contribution in [0.15, 0.2) is 65.4 Å². The summed E-state index contributed by atoms with van der Waals surface area (Å²) in [5.74, 6) is -0.912. The van der Waals surface area contributed by atoms with Crippen molar-refractivity contribution in [3.05, 3.63) is 97.9 Å². The van der Waals surface area contributed by atoms with Crippen molar-refractivity contribution >= 4 is 46.3 Å². The van der Waals surface area contributed by atoms with Crippen LogP contribution in [0.3, 0.4) is 0 Å². The molecule has 1 aliphatic heterocycles. The van der Waals surface area contributed by atoms with Gasteiger partial charge in [0, 0.05) is 42.4 Å². The molecule has 4 amide bonds. The second-order valence-corrected chi connectivity index (χ2v) is 13.9. The molecular weight excluding hydrogens is 649 g/mol. The van der Waals surface area contributed by atoms with E-state index in [1.54, 1.807) is 27.8 Å². The number of hydrogen-bond donors (Lipinski definition) is 4. The Hall–Kier alpha value is -4.62. The van der Waals surface area contributed by atoms with Gasteiger partial charge in [0.25, 0.3) is 17.7 Å². The van der Waals surface area contributed by atoms with Gasteiger partial charge in [-0.15, -0.1) is 22.7 Å². The van der Waals surface area contributed by atoms with Crippen molar-refractivity contribution < 1.29 is 24.3 Å². The molecule has 0 saturated carbocycles. The number of fused-ring (bicyclic) bond motifs is 4. The van der Waals surface area contributed by atoms with Crippen molar-refractivity contribution in [2.75, 3.05) is 19.6 Å². The van der Waals surface area contributed by atoms with Gasteiger partial charge in [-0.25, -0.2) is 9.97 Å². The van der Waals surface area contributed by atoms with Crippen LogP contribution in [0.4, 0.5) is 0 Å². The summed E-state index contributed by atoms with van der Waals surface area (Å²) in [6.45, 7) is 5.07. The standard InChI is InChI=1S/C35H40N6O5S2/c1-22(2)17-26-33-40-29(21-48-33)32(45)38-27(18-23-9-4-3-5-10-23)34-39-28(20-47-34)31(44)36-14-8-16-41(15-7-13-30(43)37-26)35(46)24-11-6-12-25(42)19-24/h3-6,9-12,19-22,26-27,42H,7-8,13-18H2,1-2H3,(H,36,44)(H,37,43)(H,38,45)/t26-,27-/m0/s1. The quantitative estimate of drug-likeness (QED) is 0.223. The van der Waals surface area contributed by atoms with Crippen LogP contribution < -0.4 is 16.0 Å². The summed E-state index contributed by atoms with van der Waals surface area (Å²) in [5, 5.41) is 23.6. The maximum atomic E-state index is 13.5. The van der Waals surface area contributed by atoms with Gasteiger partial charge < -0.3 is 26.0 Å². The van der Waals surface area contributed by atoms with E-state index in [4.69, 9.17) is 0 Å². The third-order valence-corrected chi connectivity index (χ3v) is 9.76. The minimum atomic E-state index is -0.506. The zero-order valence-electron chi connectivity index (χ0n) is 27.0. The third kappa shape index (κ3) is 9.48. The number of carbonyl (C=O) groups is 4. The Balaban J connectivity index is 1.41. The molecule has 13 heteroatoms. The lowest BCUT2D eigenvalue weighted by Gasteiger charge is -2.23. The largest absolute Gasteiger partial charge is 0.508 e. The van der Waals surface area contributed by atoms with E-state index >= 15 is 0 Å². The Labute approximate surface area is 287 Å². The molecule has 48 heavy (non-hydrogen) atoms. The van der Waals surface area contributed by atoms with Gasteiger partial charge in [-0.3, -0.25) is 19.2 Å². The molecule has 4 aromatic rings. The highest BCUT2D eigenvalue weighted by Crippen LogP contribution is 2.27. The van der Waals surface area contributed by atoms with E-state index in [1.807, 2.05) is 30.3 Å². The SMILES string of the molecule is CC(C)C[C@@H]1NC(=O)CCCN(C(=O)c2cccc(O)c2)CCCNC(=O)c2csc(n2)[C@H](Cc2ccccc2)NC(=O)c2csc1n2. The Morgan fingerprint density at radius 2 is 1.58 bits per heavy atom. The first-order valence-corrected chi connectivity index (χ1v) is 17.8. The van der Waals surface area contributed by atoms with E-state index in [-0.39, 0.29) is 59.1 Å². The van der Waals surface area contributed by atoms with Crippen LogP contribution >= 0.6 is 22.7 Å². The summed E-state index contributed by atoms with van der Waals surface area (Å²) in [4.78, 5) is 64.1. The fraction of sp³-hybridized carbons (Fsp3) is 0.371. The second kappa shape index (κ2) is 16.5. The fourth-order valence-electron chi connectivity index (χ4n) is 5.47. The van der Waals surface area contributed by atoms with Gasteiger partial charge in [-0.2, -0.15) is 0 Å². The molecule has 11 nitrogen and oxygen atoms in total. The third-order valence-electron chi connectivity index (χ3n) is 7.84. The molecule has 0 fully saturated rings. The molecule has 2 atom stereocenters. The number of hydrogen-bond acceptors (Lipinski definition) is 9. The zero-order valence-corrected chi connectivity index (χ0v) is 28.6. The van der Waals surface area contributed by atoms with Gasteiger partial charge in [-0.05, 0) is 55.4 Å². The molecule has 2 aromatic heterocycles. The highest BCUT2D eigenvalue weighted by atomic mass is 32.1. The normalized spacial score (nSPS) is 18.4. The summed E-state index contributed by atoms with van der Waals surface area (Å²) in [7, 11) is 0. The zero-order chi connectivity index (χ0) is 34.0. The molecule has 0 radical (unpaired) electrons. The molecular formula is C35H40N6O5S2. The van der Waals surface area contributed by atoms with E-state index in [2.05, 4.69) is 39.8 Å². The predicted octanol–water partition coefficient (Wildman–Crippen LogP) is 5.28. The molecule has 0 spiro atoms. The molecule has 4 bridgehead atoms. The van der Waals surface area contributed by atoms with E-state index in [9.17, 15) is 24.3 Å². The van der Waals surface area contributed by atoms with Crippen molar-refractivity contribution in [2.45, 2.75) is 58.0 Å². The Bertz CT molecular complexity index is 1720. The number of rotatable bonds is 5. The lowest BCUT2D eigenvalue weighted by atomic mass is 10.0. The van der Waals surface area contributed by atoms with Crippen molar-refractivity contribution in [1.82, 2.24) is 30.8 Å². The first-order chi connectivity index (χ1) is 23.2. The number of benzene rings is 2.